The fraction of sp³-hybridized carbons (Fsp3) is 0.333. The van der Waals surface area contributed by atoms with Gasteiger partial charge in [-0.3, -0.25) is 0 Å². The fourth-order valence-corrected chi connectivity index (χ4v) is 1.50. The molecule has 0 aliphatic carbocycles. The first-order valence-electron chi connectivity index (χ1n) is 5.01. The van der Waals surface area contributed by atoms with Gasteiger partial charge in [-0.2, -0.15) is 5.26 Å². The van der Waals surface area contributed by atoms with Gasteiger partial charge >= 0.3 is 5.97 Å². The topological polar surface area (TPSA) is 50.1 Å². The molecule has 0 spiro atoms. The summed E-state index contributed by atoms with van der Waals surface area (Å²) in [6.45, 7) is 3.30. The molecular formula is C12H11F2NO2. The minimum absolute atomic E-state index is 0.0946. The van der Waals surface area contributed by atoms with Crippen LogP contribution in [0.2, 0.25) is 0 Å². The van der Waals surface area contributed by atoms with E-state index in [4.69, 9.17) is 10.00 Å². The number of carbonyl (C=O) groups excluding carboxylic acids is 1. The number of alkyl halides is 2. The van der Waals surface area contributed by atoms with Crippen molar-refractivity contribution >= 4 is 5.97 Å². The molecule has 0 saturated heterocycles. The maximum atomic E-state index is 12.8. The number of halogens is 2. The highest BCUT2D eigenvalue weighted by molar-refractivity contribution is 5.92. The van der Waals surface area contributed by atoms with Crippen LogP contribution in [0.15, 0.2) is 12.1 Å². The van der Waals surface area contributed by atoms with Crippen LogP contribution in [0.5, 0.6) is 0 Å². The molecule has 1 aromatic rings. The van der Waals surface area contributed by atoms with Crippen molar-refractivity contribution < 1.29 is 18.3 Å². The van der Waals surface area contributed by atoms with Gasteiger partial charge in [0.25, 0.3) is 6.43 Å². The quantitative estimate of drug-likeness (QED) is 0.762. The van der Waals surface area contributed by atoms with Crippen LogP contribution in [-0.4, -0.2) is 12.6 Å². The summed E-state index contributed by atoms with van der Waals surface area (Å²) in [4.78, 5) is 11.5. The number of carbonyl (C=O) groups is 1. The summed E-state index contributed by atoms with van der Waals surface area (Å²) in [7, 11) is 0. The SMILES string of the molecule is CCOC(=O)c1cc(C)cc(C#N)c1C(F)F. The zero-order chi connectivity index (χ0) is 13.0. The van der Waals surface area contributed by atoms with E-state index in [0.29, 0.717) is 5.56 Å². The number of benzene rings is 1. The Morgan fingerprint density at radius 3 is 2.65 bits per heavy atom. The zero-order valence-corrected chi connectivity index (χ0v) is 9.46. The van der Waals surface area contributed by atoms with E-state index in [0.717, 1.165) is 0 Å². The second kappa shape index (κ2) is 5.39. The lowest BCUT2D eigenvalue weighted by Gasteiger charge is -2.11. The van der Waals surface area contributed by atoms with E-state index < -0.39 is 18.0 Å². The second-order valence-electron chi connectivity index (χ2n) is 3.41. The molecule has 0 N–H and O–H groups in total. The molecule has 0 fully saturated rings. The van der Waals surface area contributed by atoms with Gasteiger partial charge in [0.1, 0.15) is 0 Å². The molecule has 3 nitrogen and oxygen atoms in total. The van der Waals surface area contributed by atoms with E-state index in [1.807, 2.05) is 0 Å². The van der Waals surface area contributed by atoms with Crippen molar-refractivity contribution in [1.82, 2.24) is 0 Å². The van der Waals surface area contributed by atoms with Crippen molar-refractivity contribution in [2.24, 2.45) is 0 Å². The maximum absolute atomic E-state index is 12.8. The van der Waals surface area contributed by atoms with Crippen LogP contribution in [0.25, 0.3) is 0 Å². The van der Waals surface area contributed by atoms with E-state index in [9.17, 15) is 13.6 Å². The maximum Gasteiger partial charge on any atom is 0.338 e. The van der Waals surface area contributed by atoms with E-state index in [-0.39, 0.29) is 17.7 Å². The Morgan fingerprint density at radius 2 is 2.18 bits per heavy atom. The number of hydrogen-bond acceptors (Lipinski definition) is 3. The average molecular weight is 239 g/mol. The van der Waals surface area contributed by atoms with Crippen molar-refractivity contribution in [2.75, 3.05) is 6.61 Å². The fourth-order valence-electron chi connectivity index (χ4n) is 1.50. The predicted octanol–water partition coefficient (Wildman–Crippen LogP) is 2.98. The van der Waals surface area contributed by atoms with E-state index in [1.54, 1.807) is 19.9 Å². The molecular weight excluding hydrogens is 228 g/mol. The molecule has 0 heterocycles. The van der Waals surface area contributed by atoms with Gasteiger partial charge in [-0.25, -0.2) is 13.6 Å². The molecule has 1 aromatic carbocycles. The lowest BCUT2D eigenvalue weighted by atomic mass is 9.99. The highest BCUT2D eigenvalue weighted by atomic mass is 19.3. The van der Waals surface area contributed by atoms with Crippen LogP contribution in [0.1, 0.15) is 40.4 Å². The van der Waals surface area contributed by atoms with Crippen LogP contribution in [0, 0.1) is 18.3 Å². The lowest BCUT2D eigenvalue weighted by molar-refractivity contribution is 0.0515. The number of nitrogens with zero attached hydrogens (tertiary/aromatic N) is 1. The van der Waals surface area contributed by atoms with E-state index >= 15 is 0 Å². The van der Waals surface area contributed by atoms with Gasteiger partial charge < -0.3 is 4.74 Å². The Morgan fingerprint density at radius 1 is 1.53 bits per heavy atom. The number of hydrogen-bond donors (Lipinski definition) is 0. The van der Waals surface area contributed by atoms with Crippen LogP contribution >= 0.6 is 0 Å². The summed E-state index contributed by atoms with van der Waals surface area (Å²) < 4.78 is 30.4. The molecule has 5 heteroatoms. The molecule has 0 unspecified atom stereocenters. The smallest absolute Gasteiger partial charge is 0.338 e. The molecule has 0 amide bonds. The third-order valence-corrected chi connectivity index (χ3v) is 2.16. The molecule has 1 rings (SSSR count). The average Bonchev–Trinajstić information content (AvgIpc) is 2.27. The molecule has 0 atom stereocenters. The van der Waals surface area contributed by atoms with Gasteiger partial charge in [-0.15, -0.1) is 0 Å². The summed E-state index contributed by atoms with van der Waals surface area (Å²) in [5.41, 5.74) is -0.424. The molecule has 90 valence electrons. The summed E-state index contributed by atoms with van der Waals surface area (Å²) in [5.74, 6) is -0.831. The normalized spacial score (nSPS) is 10.1. The molecule has 0 aliphatic rings. The number of ether oxygens (including phenoxy) is 1. The third kappa shape index (κ3) is 2.78. The third-order valence-electron chi connectivity index (χ3n) is 2.16. The van der Waals surface area contributed by atoms with Crippen molar-refractivity contribution in [1.29, 1.82) is 5.26 Å². The standard InChI is InChI=1S/C12H11F2NO2/c1-3-17-12(16)9-5-7(2)4-8(6-15)10(9)11(13)14/h4-5,11H,3H2,1-2H3. The largest absolute Gasteiger partial charge is 0.462 e. The predicted molar refractivity (Wildman–Crippen MR) is 56.8 cm³/mol. The summed E-state index contributed by atoms with van der Waals surface area (Å²) in [6, 6.07) is 4.30. The first kappa shape index (κ1) is 13.1. The monoisotopic (exact) mass is 239 g/mol. The van der Waals surface area contributed by atoms with Gasteiger partial charge in [0.15, 0.2) is 0 Å². The number of esters is 1. The van der Waals surface area contributed by atoms with Gasteiger partial charge in [0.05, 0.1) is 23.8 Å². The van der Waals surface area contributed by atoms with E-state index in [1.165, 1.54) is 12.1 Å². The number of aryl methyl sites for hydroxylation is 1. The summed E-state index contributed by atoms with van der Waals surface area (Å²) >= 11 is 0. The van der Waals surface area contributed by atoms with Gasteiger partial charge in [-0.1, -0.05) is 0 Å². The number of rotatable bonds is 3. The first-order valence-corrected chi connectivity index (χ1v) is 5.01. The first-order chi connectivity index (χ1) is 8.01. The molecule has 0 radical (unpaired) electrons. The Bertz CT molecular complexity index is 478. The van der Waals surface area contributed by atoms with Crippen LogP contribution in [-0.2, 0) is 4.74 Å². The van der Waals surface area contributed by atoms with Crippen molar-refractivity contribution in [3.63, 3.8) is 0 Å². The highest BCUT2D eigenvalue weighted by Crippen LogP contribution is 2.28. The Hall–Kier alpha value is -1.96. The lowest BCUT2D eigenvalue weighted by Crippen LogP contribution is -2.10. The van der Waals surface area contributed by atoms with Crippen molar-refractivity contribution in [3.8, 4) is 6.07 Å². The summed E-state index contributed by atoms with van der Waals surface area (Å²) in [5, 5.41) is 8.79. The van der Waals surface area contributed by atoms with Gasteiger partial charge in [-0.05, 0) is 31.5 Å². The minimum atomic E-state index is -2.88. The molecule has 17 heavy (non-hydrogen) atoms. The van der Waals surface area contributed by atoms with Gasteiger partial charge in [0, 0.05) is 5.56 Å². The molecule has 0 saturated carbocycles. The number of nitriles is 1. The van der Waals surface area contributed by atoms with Crippen molar-refractivity contribution in [2.45, 2.75) is 20.3 Å². The second-order valence-corrected chi connectivity index (χ2v) is 3.41. The van der Waals surface area contributed by atoms with Crippen molar-refractivity contribution in [3.05, 3.63) is 34.4 Å². The van der Waals surface area contributed by atoms with Gasteiger partial charge in [0.2, 0.25) is 0 Å². The van der Waals surface area contributed by atoms with E-state index in [2.05, 4.69) is 0 Å². The Balaban J connectivity index is 3.42. The summed E-state index contributed by atoms with van der Waals surface area (Å²) in [6.07, 6.45) is -2.88. The zero-order valence-electron chi connectivity index (χ0n) is 9.46. The molecule has 0 aliphatic heterocycles. The minimum Gasteiger partial charge on any atom is -0.462 e. The van der Waals surface area contributed by atoms with Crippen LogP contribution < -0.4 is 0 Å². The van der Waals surface area contributed by atoms with Crippen LogP contribution in [0.4, 0.5) is 8.78 Å². The highest BCUT2D eigenvalue weighted by Gasteiger charge is 2.23. The Kier molecular flexibility index (Phi) is 4.16. The molecule has 0 aromatic heterocycles. The Labute approximate surface area is 97.6 Å². The van der Waals surface area contributed by atoms with Crippen LogP contribution in [0.3, 0.4) is 0 Å². The molecule has 0 bridgehead atoms.